The summed E-state index contributed by atoms with van der Waals surface area (Å²) in [5.74, 6) is 0. The standard InChI is InChI=1S/C22H21N3O2/c1-14-6-4-5-7-18(14)16-10-8-15(9-11-16)17-12-19(22(26)27-3)21-20(13-17)23-24-25(21)2/h4-13,22,26H,1-3H3. The van der Waals surface area contributed by atoms with Gasteiger partial charge in [0.05, 0.1) is 5.52 Å². The molecule has 0 fully saturated rings. The van der Waals surface area contributed by atoms with E-state index >= 15 is 0 Å². The maximum Gasteiger partial charge on any atom is 0.183 e. The average molecular weight is 359 g/mol. The summed E-state index contributed by atoms with van der Waals surface area (Å²) in [5.41, 5.74) is 7.80. The van der Waals surface area contributed by atoms with Crippen LogP contribution in [0.1, 0.15) is 17.4 Å². The molecule has 4 aromatic rings. The van der Waals surface area contributed by atoms with Gasteiger partial charge in [0.2, 0.25) is 0 Å². The van der Waals surface area contributed by atoms with Crippen molar-refractivity contribution in [3.63, 3.8) is 0 Å². The minimum Gasteiger partial charge on any atom is -0.364 e. The summed E-state index contributed by atoms with van der Waals surface area (Å²) >= 11 is 0. The van der Waals surface area contributed by atoms with Gasteiger partial charge in [0.15, 0.2) is 6.29 Å². The molecule has 4 rings (SSSR count). The number of nitrogens with zero attached hydrogens (tertiary/aromatic N) is 3. The maximum absolute atomic E-state index is 10.3. The first-order chi connectivity index (χ1) is 13.1. The number of benzene rings is 3. The summed E-state index contributed by atoms with van der Waals surface area (Å²) in [4.78, 5) is 0. The van der Waals surface area contributed by atoms with Gasteiger partial charge in [-0.2, -0.15) is 0 Å². The number of aryl methyl sites for hydroxylation is 2. The third-order valence-corrected chi connectivity index (χ3v) is 4.89. The third-order valence-electron chi connectivity index (χ3n) is 4.89. The van der Waals surface area contributed by atoms with E-state index in [0.717, 1.165) is 22.2 Å². The number of hydrogen-bond acceptors (Lipinski definition) is 4. The van der Waals surface area contributed by atoms with Gasteiger partial charge in [-0.15, -0.1) is 5.10 Å². The lowest BCUT2D eigenvalue weighted by Crippen LogP contribution is -2.03. The molecule has 27 heavy (non-hydrogen) atoms. The predicted molar refractivity (Wildman–Crippen MR) is 106 cm³/mol. The van der Waals surface area contributed by atoms with Gasteiger partial charge in [0, 0.05) is 19.7 Å². The fourth-order valence-electron chi connectivity index (χ4n) is 3.45. The van der Waals surface area contributed by atoms with Crippen molar-refractivity contribution in [1.82, 2.24) is 15.0 Å². The van der Waals surface area contributed by atoms with Crippen molar-refractivity contribution in [2.45, 2.75) is 13.2 Å². The Bertz CT molecular complexity index is 1100. The van der Waals surface area contributed by atoms with Crippen LogP contribution in [-0.2, 0) is 11.8 Å². The van der Waals surface area contributed by atoms with E-state index in [1.165, 1.54) is 23.8 Å². The van der Waals surface area contributed by atoms with E-state index in [9.17, 15) is 5.11 Å². The van der Waals surface area contributed by atoms with Crippen LogP contribution in [-0.4, -0.2) is 27.2 Å². The summed E-state index contributed by atoms with van der Waals surface area (Å²) in [5, 5.41) is 18.5. The van der Waals surface area contributed by atoms with Crippen LogP contribution in [0.25, 0.3) is 33.3 Å². The summed E-state index contributed by atoms with van der Waals surface area (Å²) in [7, 11) is 3.28. The Morgan fingerprint density at radius 3 is 2.37 bits per heavy atom. The Labute approximate surface area is 157 Å². The van der Waals surface area contributed by atoms with Crippen molar-refractivity contribution < 1.29 is 9.84 Å². The number of aromatic nitrogens is 3. The van der Waals surface area contributed by atoms with Crippen molar-refractivity contribution in [2.75, 3.05) is 7.11 Å². The zero-order valence-corrected chi connectivity index (χ0v) is 15.5. The van der Waals surface area contributed by atoms with E-state index in [4.69, 9.17) is 4.74 Å². The number of aliphatic hydroxyl groups is 1. The van der Waals surface area contributed by atoms with E-state index in [0.29, 0.717) is 5.56 Å². The van der Waals surface area contributed by atoms with Gasteiger partial charge in [-0.3, -0.25) is 0 Å². The fraction of sp³-hybridized carbons (Fsp3) is 0.182. The van der Waals surface area contributed by atoms with E-state index in [1.54, 1.807) is 11.7 Å². The first kappa shape index (κ1) is 17.4. The summed E-state index contributed by atoms with van der Waals surface area (Å²) in [6.07, 6.45) is -1.03. The molecule has 0 aliphatic carbocycles. The van der Waals surface area contributed by atoms with Crippen LogP contribution in [0.3, 0.4) is 0 Å². The number of rotatable bonds is 4. The molecule has 1 N–H and O–H groups in total. The number of hydrogen-bond donors (Lipinski definition) is 1. The molecule has 3 aromatic carbocycles. The van der Waals surface area contributed by atoms with Crippen LogP contribution < -0.4 is 0 Å². The van der Waals surface area contributed by atoms with Gasteiger partial charge in [0.1, 0.15) is 5.52 Å². The van der Waals surface area contributed by atoms with E-state index in [-0.39, 0.29) is 0 Å². The molecule has 1 aromatic heterocycles. The average Bonchev–Trinajstić information content (AvgIpc) is 3.08. The highest BCUT2D eigenvalue weighted by molar-refractivity contribution is 5.85. The van der Waals surface area contributed by atoms with Gasteiger partial charge in [-0.05, 0) is 46.9 Å². The molecule has 1 heterocycles. The monoisotopic (exact) mass is 359 g/mol. The maximum atomic E-state index is 10.3. The first-order valence-electron chi connectivity index (χ1n) is 8.79. The number of aliphatic hydroxyl groups excluding tert-OH is 1. The van der Waals surface area contributed by atoms with Crippen molar-refractivity contribution in [1.29, 1.82) is 0 Å². The second-order valence-corrected chi connectivity index (χ2v) is 6.63. The van der Waals surface area contributed by atoms with Crippen molar-refractivity contribution >= 4 is 11.0 Å². The zero-order chi connectivity index (χ0) is 19.0. The topological polar surface area (TPSA) is 60.2 Å². The van der Waals surface area contributed by atoms with E-state index in [2.05, 4.69) is 59.7 Å². The molecule has 0 radical (unpaired) electrons. The minimum absolute atomic E-state index is 0.653. The molecule has 136 valence electrons. The lowest BCUT2D eigenvalue weighted by Gasteiger charge is -2.13. The van der Waals surface area contributed by atoms with Crippen molar-refractivity contribution in [3.05, 3.63) is 71.8 Å². The Morgan fingerprint density at radius 1 is 0.963 bits per heavy atom. The number of fused-ring (bicyclic) bond motifs is 1. The molecule has 0 spiro atoms. The Balaban J connectivity index is 1.79. The van der Waals surface area contributed by atoms with Crippen LogP contribution >= 0.6 is 0 Å². The highest BCUT2D eigenvalue weighted by Gasteiger charge is 2.17. The smallest absolute Gasteiger partial charge is 0.183 e. The highest BCUT2D eigenvalue weighted by atomic mass is 16.6. The molecule has 0 bridgehead atoms. The molecule has 5 heteroatoms. The fourth-order valence-corrected chi connectivity index (χ4v) is 3.45. The molecular formula is C22H21N3O2. The Kier molecular flexibility index (Phi) is 4.48. The van der Waals surface area contributed by atoms with Gasteiger partial charge in [-0.25, -0.2) is 4.68 Å². The lowest BCUT2D eigenvalue weighted by molar-refractivity contribution is -0.0760. The third kappa shape index (κ3) is 3.12. The van der Waals surface area contributed by atoms with Crippen LogP contribution in [0.2, 0.25) is 0 Å². The van der Waals surface area contributed by atoms with E-state index in [1.807, 2.05) is 18.2 Å². The normalized spacial score (nSPS) is 12.4. The molecule has 0 aliphatic heterocycles. The van der Waals surface area contributed by atoms with Crippen molar-refractivity contribution in [3.8, 4) is 22.3 Å². The second kappa shape index (κ2) is 6.95. The summed E-state index contributed by atoms with van der Waals surface area (Å²) < 4.78 is 6.79. The second-order valence-electron chi connectivity index (χ2n) is 6.63. The molecule has 0 amide bonds. The van der Waals surface area contributed by atoms with Gasteiger partial charge in [-0.1, -0.05) is 53.7 Å². The molecule has 0 aliphatic rings. The molecule has 1 unspecified atom stereocenters. The predicted octanol–water partition coefficient (Wildman–Crippen LogP) is 4.25. The van der Waals surface area contributed by atoms with Gasteiger partial charge >= 0.3 is 0 Å². The Morgan fingerprint density at radius 2 is 1.67 bits per heavy atom. The van der Waals surface area contributed by atoms with Crippen LogP contribution in [0.5, 0.6) is 0 Å². The molecular weight excluding hydrogens is 338 g/mol. The van der Waals surface area contributed by atoms with Crippen LogP contribution in [0.4, 0.5) is 0 Å². The van der Waals surface area contributed by atoms with Gasteiger partial charge < -0.3 is 9.84 Å². The Hall–Kier alpha value is -3.02. The van der Waals surface area contributed by atoms with Crippen LogP contribution in [0.15, 0.2) is 60.7 Å². The minimum atomic E-state index is -1.03. The van der Waals surface area contributed by atoms with Gasteiger partial charge in [0.25, 0.3) is 0 Å². The molecule has 5 nitrogen and oxygen atoms in total. The first-order valence-corrected chi connectivity index (χ1v) is 8.79. The molecule has 0 saturated carbocycles. The molecule has 0 saturated heterocycles. The zero-order valence-electron chi connectivity index (χ0n) is 15.5. The highest BCUT2D eigenvalue weighted by Crippen LogP contribution is 2.32. The number of methoxy groups -OCH3 is 1. The quantitative estimate of drug-likeness (QED) is 0.554. The summed E-state index contributed by atoms with van der Waals surface area (Å²) in [6, 6.07) is 20.7. The van der Waals surface area contributed by atoms with Crippen LogP contribution in [0, 0.1) is 6.92 Å². The largest absolute Gasteiger partial charge is 0.364 e. The SMILES string of the molecule is COC(O)c1cc(-c2ccc(-c3ccccc3C)cc2)cc2nnn(C)c12. The lowest BCUT2D eigenvalue weighted by atomic mass is 9.96. The van der Waals surface area contributed by atoms with Crippen molar-refractivity contribution in [2.24, 2.45) is 7.05 Å². The molecule has 1 atom stereocenters. The van der Waals surface area contributed by atoms with E-state index < -0.39 is 6.29 Å². The summed E-state index contributed by atoms with van der Waals surface area (Å²) in [6.45, 7) is 2.11. The number of ether oxygens (including phenoxy) is 1.